The summed E-state index contributed by atoms with van der Waals surface area (Å²) in [7, 11) is 0. The molecule has 2 heterocycles. The third-order valence-corrected chi connectivity index (χ3v) is 4.55. The fourth-order valence-corrected chi connectivity index (χ4v) is 3.38. The van der Waals surface area contributed by atoms with Gasteiger partial charge in [-0.05, 0) is 41.3 Å². The molecule has 120 valence electrons. The van der Waals surface area contributed by atoms with E-state index in [0.29, 0.717) is 0 Å². The van der Waals surface area contributed by atoms with Crippen LogP contribution in [-0.2, 0) is 5.41 Å². The lowest BCUT2D eigenvalue weighted by atomic mass is 9.83. The molecule has 0 spiro atoms. The van der Waals surface area contributed by atoms with E-state index in [1.54, 1.807) is 0 Å². The minimum absolute atomic E-state index is 0.0472. The summed E-state index contributed by atoms with van der Waals surface area (Å²) < 4.78 is 4.44. The van der Waals surface area contributed by atoms with Gasteiger partial charge in [-0.1, -0.05) is 45.0 Å². The molecule has 0 saturated carbocycles. The van der Waals surface area contributed by atoms with Crippen LogP contribution in [0.15, 0.2) is 79.4 Å². The molecule has 0 radical (unpaired) electrons. The van der Waals surface area contributed by atoms with Crippen molar-refractivity contribution in [2.24, 2.45) is 0 Å². The van der Waals surface area contributed by atoms with E-state index >= 15 is 0 Å². The Hall–Kier alpha value is -2.74. The smallest absolute Gasteiger partial charge is 0.0566 e. The van der Waals surface area contributed by atoms with E-state index in [1.807, 2.05) is 0 Å². The minimum atomic E-state index is 0.0472. The highest BCUT2D eigenvalue weighted by atomic mass is 15.0. The molecule has 4 rings (SSSR count). The first kappa shape index (κ1) is 14.8. The molecular weight excluding hydrogens is 292 g/mol. The number of rotatable bonds is 2. The first-order chi connectivity index (χ1) is 11.6. The summed E-state index contributed by atoms with van der Waals surface area (Å²) >= 11 is 0. The molecule has 4 aromatic rings. The van der Waals surface area contributed by atoms with Gasteiger partial charge >= 0.3 is 0 Å². The van der Waals surface area contributed by atoms with Crippen LogP contribution in [0.2, 0.25) is 0 Å². The van der Waals surface area contributed by atoms with Crippen molar-refractivity contribution in [1.82, 2.24) is 9.13 Å². The van der Waals surface area contributed by atoms with Crippen LogP contribution in [0.1, 0.15) is 26.3 Å². The topological polar surface area (TPSA) is 9.86 Å². The van der Waals surface area contributed by atoms with Crippen molar-refractivity contribution in [3.8, 4) is 11.4 Å². The lowest BCUT2D eigenvalue weighted by Gasteiger charge is -2.26. The Morgan fingerprint density at radius 1 is 0.667 bits per heavy atom. The van der Waals surface area contributed by atoms with E-state index in [4.69, 9.17) is 0 Å². The third-order valence-electron chi connectivity index (χ3n) is 4.55. The van der Waals surface area contributed by atoms with Gasteiger partial charge in [0.15, 0.2) is 0 Å². The predicted octanol–water partition coefficient (Wildman–Crippen LogP) is 5.72. The summed E-state index contributed by atoms with van der Waals surface area (Å²) in [5.41, 5.74) is 3.91. The lowest BCUT2D eigenvalue weighted by Crippen LogP contribution is -2.16. The lowest BCUT2D eigenvalue weighted by molar-refractivity contribution is 0.587. The average molecular weight is 314 g/mol. The predicted molar refractivity (Wildman–Crippen MR) is 101 cm³/mol. The van der Waals surface area contributed by atoms with E-state index in [0.717, 1.165) is 0 Å². The van der Waals surface area contributed by atoms with Gasteiger partial charge in [-0.3, -0.25) is 0 Å². The Morgan fingerprint density at radius 2 is 1.21 bits per heavy atom. The molecule has 2 aromatic carbocycles. The number of hydrogen-bond donors (Lipinski definition) is 0. The van der Waals surface area contributed by atoms with Gasteiger partial charge < -0.3 is 9.13 Å². The molecule has 0 bridgehead atoms. The molecule has 0 fully saturated rings. The number of benzene rings is 2. The minimum Gasteiger partial charge on any atom is -0.323 e. The van der Waals surface area contributed by atoms with Crippen molar-refractivity contribution in [3.63, 3.8) is 0 Å². The third kappa shape index (κ3) is 2.35. The van der Waals surface area contributed by atoms with Crippen LogP contribution in [0.25, 0.3) is 22.1 Å². The summed E-state index contributed by atoms with van der Waals surface area (Å²) in [5.74, 6) is 0. The summed E-state index contributed by atoms with van der Waals surface area (Å²) in [4.78, 5) is 0. The fraction of sp³-hybridized carbons (Fsp3) is 0.182. The molecule has 0 aliphatic carbocycles. The first-order valence-corrected chi connectivity index (χ1v) is 8.38. The maximum atomic E-state index is 2.34. The van der Waals surface area contributed by atoms with Gasteiger partial charge in [-0.2, -0.15) is 0 Å². The van der Waals surface area contributed by atoms with Crippen LogP contribution < -0.4 is 0 Å². The van der Waals surface area contributed by atoms with Crippen LogP contribution in [0.5, 0.6) is 0 Å². The Balaban J connectivity index is 2.16. The summed E-state index contributed by atoms with van der Waals surface area (Å²) in [5, 5.41) is 2.55. The zero-order valence-corrected chi connectivity index (χ0v) is 14.4. The van der Waals surface area contributed by atoms with Crippen molar-refractivity contribution in [3.05, 3.63) is 84.9 Å². The highest BCUT2D eigenvalue weighted by molar-refractivity contribution is 5.98. The normalized spacial score (nSPS) is 12.0. The summed E-state index contributed by atoms with van der Waals surface area (Å²) in [6.45, 7) is 6.84. The number of hydrogen-bond acceptors (Lipinski definition) is 0. The molecule has 2 heteroatoms. The Labute approximate surface area is 143 Å². The van der Waals surface area contributed by atoms with Crippen molar-refractivity contribution in [2.75, 3.05) is 0 Å². The second kappa shape index (κ2) is 5.41. The van der Waals surface area contributed by atoms with Gasteiger partial charge in [0, 0.05) is 35.6 Å². The van der Waals surface area contributed by atoms with Crippen LogP contribution in [-0.4, -0.2) is 9.13 Å². The maximum absolute atomic E-state index is 2.34. The maximum Gasteiger partial charge on any atom is 0.0566 e. The molecule has 0 unspecified atom stereocenters. The standard InChI is InChI=1S/C22H22N2/c1-22(2,3)19-16-20(23-12-6-7-13-23)17-10-4-5-11-18(17)21(19)24-14-8-9-15-24/h4-16H,1-3H3. The van der Waals surface area contributed by atoms with Crippen LogP contribution in [0.3, 0.4) is 0 Å². The second-order valence-corrected chi connectivity index (χ2v) is 7.27. The molecule has 0 atom stereocenters. The van der Waals surface area contributed by atoms with Crippen LogP contribution in [0.4, 0.5) is 0 Å². The molecule has 0 N–H and O–H groups in total. The van der Waals surface area contributed by atoms with Gasteiger partial charge in [0.25, 0.3) is 0 Å². The summed E-state index contributed by atoms with van der Waals surface area (Å²) in [6, 6.07) is 19.3. The van der Waals surface area contributed by atoms with E-state index in [-0.39, 0.29) is 5.41 Å². The number of fused-ring (bicyclic) bond motifs is 1. The van der Waals surface area contributed by atoms with Gasteiger partial charge in [-0.15, -0.1) is 0 Å². The largest absolute Gasteiger partial charge is 0.323 e. The number of aromatic nitrogens is 2. The van der Waals surface area contributed by atoms with Gasteiger partial charge in [0.1, 0.15) is 0 Å². The molecule has 0 aliphatic heterocycles. The highest BCUT2D eigenvalue weighted by Gasteiger charge is 2.23. The Bertz CT molecular complexity index is 969. The van der Waals surface area contributed by atoms with Gasteiger partial charge in [0.05, 0.1) is 11.4 Å². The zero-order chi connectivity index (χ0) is 16.7. The van der Waals surface area contributed by atoms with Gasteiger partial charge in [0.2, 0.25) is 0 Å². The highest BCUT2D eigenvalue weighted by Crippen LogP contribution is 2.37. The molecule has 0 amide bonds. The molecule has 0 aliphatic rings. The summed E-state index contributed by atoms with van der Waals surface area (Å²) in [6.07, 6.45) is 8.49. The zero-order valence-electron chi connectivity index (χ0n) is 14.4. The fourth-order valence-electron chi connectivity index (χ4n) is 3.38. The first-order valence-electron chi connectivity index (χ1n) is 8.38. The Morgan fingerprint density at radius 3 is 1.79 bits per heavy atom. The Kier molecular flexibility index (Phi) is 3.34. The monoisotopic (exact) mass is 314 g/mol. The molecule has 24 heavy (non-hydrogen) atoms. The molecule has 2 nitrogen and oxygen atoms in total. The van der Waals surface area contributed by atoms with Crippen molar-refractivity contribution >= 4 is 10.8 Å². The van der Waals surface area contributed by atoms with E-state index < -0.39 is 0 Å². The second-order valence-electron chi connectivity index (χ2n) is 7.27. The van der Waals surface area contributed by atoms with E-state index in [9.17, 15) is 0 Å². The van der Waals surface area contributed by atoms with Gasteiger partial charge in [-0.25, -0.2) is 0 Å². The SMILES string of the molecule is CC(C)(C)c1cc(-n2cccc2)c2ccccc2c1-n1cccc1. The van der Waals surface area contributed by atoms with Crippen LogP contribution in [0, 0.1) is 0 Å². The van der Waals surface area contributed by atoms with E-state index in [2.05, 4.69) is 109 Å². The average Bonchev–Trinajstić information content (AvgIpc) is 3.26. The molecule has 0 saturated heterocycles. The van der Waals surface area contributed by atoms with Crippen LogP contribution >= 0.6 is 0 Å². The van der Waals surface area contributed by atoms with Crippen molar-refractivity contribution in [1.29, 1.82) is 0 Å². The molecule has 2 aromatic heterocycles. The molecular formula is C22H22N2. The number of nitrogens with zero attached hydrogens (tertiary/aromatic N) is 2. The quantitative estimate of drug-likeness (QED) is 0.448. The van der Waals surface area contributed by atoms with Crippen molar-refractivity contribution < 1.29 is 0 Å². The van der Waals surface area contributed by atoms with Crippen molar-refractivity contribution in [2.45, 2.75) is 26.2 Å². The van der Waals surface area contributed by atoms with E-state index in [1.165, 1.54) is 27.7 Å².